The molecule has 0 spiro atoms. The highest BCUT2D eigenvalue weighted by Crippen LogP contribution is 2.32. The second-order valence-corrected chi connectivity index (χ2v) is 8.81. The van der Waals surface area contributed by atoms with Crippen LogP contribution in [0.25, 0.3) is 0 Å². The van der Waals surface area contributed by atoms with Crippen molar-refractivity contribution in [1.82, 2.24) is 5.43 Å². The fourth-order valence-electron chi connectivity index (χ4n) is 3.07. The van der Waals surface area contributed by atoms with E-state index in [1.807, 2.05) is 0 Å². The zero-order chi connectivity index (χ0) is 26.3. The number of nitrogens with one attached hydrogen (secondary N) is 1. The minimum atomic E-state index is -4.74. The van der Waals surface area contributed by atoms with E-state index in [9.17, 15) is 26.4 Å². The van der Waals surface area contributed by atoms with Crippen molar-refractivity contribution in [3.8, 4) is 17.2 Å². The van der Waals surface area contributed by atoms with Crippen molar-refractivity contribution in [3.05, 3.63) is 83.4 Å². The van der Waals surface area contributed by atoms with Crippen LogP contribution >= 0.6 is 0 Å². The normalized spacial score (nSPS) is 11.8. The van der Waals surface area contributed by atoms with Crippen LogP contribution < -0.4 is 19.1 Å². The number of benzene rings is 3. The predicted molar refractivity (Wildman–Crippen MR) is 125 cm³/mol. The van der Waals surface area contributed by atoms with Crippen LogP contribution in [0.5, 0.6) is 17.2 Å². The molecule has 0 fully saturated rings. The van der Waals surface area contributed by atoms with Gasteiger partial charge in [-0.1, -0.05) is 18.2 Å². The van der Waals surface area contributed by atoms with Crippen molar-refractivity contribution in [2.45, 2.75) is 17.5 Å². The number of carbonyl (C=O) groups excluding carboxylic acids is 1. The topological polar surface area (TPSA) is 103 Å². The fourth-order valence-corrected chi connectivity index (χ4v) is 4.16. The predicted octanol–water partition coefficient (Wildman–Crippen LogP) is 4.18. The molecule has 1 N–H and O–H groups in total. The summed E-state index contributed by atoms with van der Waals surface area (Å²) >= 11 is 0. The Morgan fingerprint density at radius 2 is 1.58 bits per heavy atom. The van der Waals surface area contributed by atoms with Crippen LogP contribution in [0.15, 0.2) is 76.7 Å². The number of rotatable bonds is 9. The highest BCUT2D eigenvalue weighted by Gasteiger charge is 2.32. The average Bonchev–Trinajstić information content (AvgIpc) is 2.83. The summed E-state index contributed by atoms with van der Waals surface area (Å²) in [4.78, 5) is 11.8. The minimum Gasteiger partial charge on any atom is -0.497 e. The summed E-state index contributed by atoms with van der Waals surface area (Å²) in [6.45, 7) is 0. The third-order valence-electron chi connectivity index (χ3n) is 4.72. The van der Waals surface area contributed by atoms with Gasteiger partial charge in [-0.05, 0) is 48.0 Å². The van der Waals surface area contributed by atoms with E-state index in [4.69, 9.17) is 13.7 Å². The SMILES string of the molecule is COc1cc(CC(=O)NN=Cc2cc(C(F)(F)F)ccc2S(=O)(=O)Oc2ccccc2)cc(OC)c1. The van der Waals surface area contributed by atoms with Crippen LogP contribution in [0.1, 0.15) is 16.7 Å². The minimum absolute atomic E-state index is 0.0256. The quantitative estimate of drug-likeness (QED) is 0.257. The van der Waals surface area contributed by atoms with Crippen molar-refractivity contribution in [1.29, 1.82) is 0 Å². The number of hydrogen-bond donors (Lipinski definition) is 1. The molecule has 3 aromatic carbocycles. The summed E-state index contributed by atoms with van der Waals surface area (Å²) in [5.74, 6) is 0.275. The standard InChI is InChI=1S/C24H21F3N2O6S/c1-33-20-10-16(11-21(14-20)34-2)12-23(30)29-28-15-17-13-18(24(25,26)27)8-9-22(17)36(31,32)35-19-6-4-3-5-7-19/h3-11,13-15H,12H2,1-2H3,(H,29,30). The summed E-state index contributed by atoms with van der Waals surface area (Å²) in [7, 11) is -1.62. The van der Waals surface area contributed by atoms with Gasteiger partial charge in [-0.25, -0.2) is 5.43 Å². The lowest BCUT2D eigenvalue weighted by atomic mass is 10.1. The monoisotopic (exact) mass is 522 g/mol. The molecule has 8 nitrogen and oxygen atoms in total. The lowest BCUT2D eigenvalue weighted by molar-refractivity contribution is -0.137. The van der Waals surface area contributed by atoms with E-state index in [0.29, 0.717) is 29.2 Å². The van der Waals surface area contributed by atoms with E-state index in [2.05, 4.69) is 10.5 Å². The molecule has 0 radical (unpaired) electrons. The molecule has 190 valence electrons. The molecule has 0 bridgehead atoms. The van der Waals surface area contributed by atoms with Gasteiger partial charge in [0.05, 0.1) is 32.4 Å². The van der Waals surface area contributed by atoms with E-state index in [1.54, 1.807) is 24.3 Å². The summed E-state index contributed by atoms with van der Waals surface area (Å²) in [5.41, 5.74) is 1.17. The van der Waals surface area contributed by atoms with Gasteiger partial charge in [0.1, 0.15) is 22.1 Å². The molecule has 0 heterocycles. The Morgan fingerprint density at radius 1 is 0.944 bits per heavy atom. The summed E-state index contributed by atoms with van der Waals surface area (Å²) in [6, 6.07) is 14.3. The lowest BCUT2D eigenvalue weighted by Gasteiger charge is -2.12. The second-order valence-electron chi connectivity index (χ2n) is 7.29. The van der Waals surface area contributed by atoms with Crippen LogP contribution in [0.4, 0.5) is 13.2 Å². The maximum Gasteiger partial charge on any atom is 0.416 e. The van der Waals surface area contributed by atoms with Gasteiger partial charge in [-0.3, -0.25) is 4.79 Å². The number of methoxy groups -OCH3 is 2. The van der Waals surface area contributed by atoms with Gasteiger partial charge in [0, 0.05) is 11.6 Å². The summed E-state index contributed by atoms with van der Waals surface area (Å²) < 4.78 is 80.6. The molecule has 36 heavy (non-hydrogen) atoms. The number of para-hydroxylation sites is 1. The second kappa shape index (κ2) is 11.1. The largest absolute Gasteiger partial charge is 0.497 e. The number of nitrogens with zero attached hydrogens (tertiary/aromatic N) is 1. The lowest BCUT2D eigenvalue weighted by Crippen LogP contribution is -2.20. The molecule has 3 aromatic rings. The number of ether oxygens (including phenoxy) is 2. The highest BCUT2D eigenvalue weighted by atomic mass is 32.2. The Hall–Kier alpha value is -4.06. The number of alkyl halides is 3. The molecule has 3 rings (SSSR count). The van der Waals surface area contributed by atoms with Crippen LogP contribution in [0.3, 0.4) is 0 Å². The first kappa shape index (κ1) is 26.5. The zero-order valence-corrected chi connectivity index (χ0v) is 19.9. The molecular weight excluding hydrogens is 501 g/mol. The highest BCUT2D eigenvalue weighted by molar-refractivity contribution is 7.87. The van der Waals surface area contributed by atoms with E-state index in [-0.39, 0.29) is 12.2 Å². The van der Waals surface area contributed by atoms with Crippen molar-refractivity contribution in [2.75, 3.05) is 14.2 Å². The first-order chi connectivity index (χ1) is 17.0. The molecule has 0 aromatic heterocycles. The van der Waals surface area contributed by atoms with Gasteiger partial charge in [-0.2, -0.15) is 26.7 Å². The van der Waals surface area contributed by atoms with Gasteiger partial charge in [0.15, 0.2) is 0 Å². The van der Waals surface area contributed by atoms with E-state index in [0.717, 1.165) is 12.3 Å². The van der Waals surface area contributed by atoms with Crippen LogP contribution in [-0.4, -0.2) is 34.8 Å². The number of hydrogen-bond acceptors (Lipinski definition) is 7. The molecule has 0 unspecified atom stereocenters. The Balaban J connectivity index is 1.84. The first-order valence-electron chi connectivity index (χ1n) is 10.3. The number of hydrazone groups is 1. The molecule has 0 aliphatic heterocycles. The Bertz CT molecular complexity index is 1340. The Labute approximate surface area is 205 Å². The van der Waals surface area contributed by atoms with Gasteiger partial charge >= 0.3 is 16.3 Å². The third kappa shape index (κ3) is 6.98. The fraction of sp³-hybridized carbons (Fsp3) is 0.167. The first-order valence-corrected chi connectivity index (χ1v) is 11.7. The maximum atomic E-state index is 13.2. The van der Waals surface area contributed by atoms with Crippen LogP contribution in [0.2, 0.25) is 0 Å². The van der Waals surface area contributed by atoms with E-state index >= 15 is 0 Å². The molecule has 1 amide bonds. The van der Waals surface area contributed by atoms with Crippen molar-refractivity contribution >= 4 is 22.2 Å². The van der Waals surface area contributed by atoms with Crippen LogP contribution in [-0.2, 0) is 27.5 Å². The molecule has 0 saturated carbocycles. The summed E-state index contributed by atoms with van der Waals surface area (Å²) in [6.07, 6.45) is -4.09. The van der Waals surface area contributed by atoms with E-state index in [1.165, 1.54) is 38.5 Å². The average molecular weight is 523 g/mol. The summed E-state index contributed by atoms with van der Waals surface area (Å²) in [5, 5.41) is 3.65. The third-order valence-corrected chi connectivity index (χ3v) is 6.05. The van der Waals surface area contributed by atoms with Crippen molar-refractivity contribution in [2.24, 2.45) is 5.10 Å². The van der Waals surface area contributed by atoms with Gasteiger partial charge in [-0.15, -0.1) is 0 Å². The Kier molecular flexibility index (Phi) is 8.20. The van der Waals surface area contributed by atoms with Crippen LogP contribution in [0, 0.1) is 0 Å². The molecule has 0 aliphatic carbocycles. The molecule has 0 saturated heterocycles. The van der Waals surface area contributed by atoms with E-state index < -0.39 is 38.2 Å². The molecule has 0 aliphatic rings. The molecule has 12 heteroatoms. The zero-order valence-electron chi connectivity index (χ0n) is 19.1. The van der Waals surface area contributed by atoms with Gasteiger partial charge in [0.2, 0.25) is 5.91 Å². The number of halogens is 3. The van der Waals surface area contributed by atoms with Gasteiger partial charge in [0.25, 0.3) is 0 Å². The molecular formula is C24H21F3N2O6S. The van der Waals surface area contributed by atoms with Crippen molar-refractivity contribution in [3.63, 3.8) is 0 Å². The maximum absolute atomic E-state index is 13.2. The number of carbonyl (C=O) groups is 1. The Morgan fingerprint density at radius 3 is 2.17 bits per heavy atom. The smallest absolute Gasteiger partial charge is 0.416 e. The van der Waals surface area contributed by atoms with Gasteiger partial charge < -0.3 is 13.7 Å². The van der Waals surface area contributed by atoms with Crippen molar-refractivity contribution < 1.29 is 40.0 Å². The number of amides is 1. The molecule has 0 atom stereocenters.